The number of carbonyl (C=O) groups excluding carboxylic acids is 1. The van der Waals surface area contributed by atoms with Crippen molar-refractivity contribution in [3.63, 3.8) is 0 Å². The van der Waals surface area contributed by atoms with Gasteiger partial charge >= 0.3 is 0 Å². The number of rotatable bonds is 18. The number of hydrogen-bond donors (Lipinski definition) is 1. The van der Waals surface area contributed by atoms with Crippen LogP contribution in [0.1, 0.15) is 64.8 Å². The van der Waals surface area contributed by atoms with E-state index in [-0.39, 0.29) is 5.91 Å². The summed E-state index contributed by atoms with van der Waals surface area (Å²) in [6.07, 6.45) is 5.33. The predicted octanol–water partition coefficient (Wildman–Crippen LogP) is 7.29. The molecule has 4 aromatic rings. The monoisotopic (exact) mass is 601 g/mol. The topological polar surface area (TPSA) is 72.9 Å². The van der Waals surface area contributed by atoms with Crippen LogP contribution in [0.2, 0.25) is 0 Å². The largest absolute Gasteiger partial charge is 0.493 e. The second-order valence-corrected chi connectivity index (χ2v) is 11.5. The van der Waals surface area contributed by atoms with E-state index in [1.807, 2.05) is 47.8 Å². The zero-order valence-corrected chi connectivity index (χ0v) is 26.3. The Labute approximate surface area is 259 Å². The average molecular weight is 602 g/mol. The summed E-state index contributed by atoms with van der Waals surface area (Å²) >= 11 is 1.53. The summed E-state index contributed by atoms with van der Waals surface area (Å²) in [7, 11) is 3.30. The molecule has 1 aromatic heterocycles. The lowest BCUT2D eigenvalue weighted by Gasteiger charge is -2.22. The van der Waals surface area contributed by atoms with E-state index in [1.54, 1.807) is 14.2 Å². The molecule has 0 fully saturated rings. The van der Waals surface area contributed by atoms with Crippen molar-refractivity contribution in [2.24, 2.45) is 0 Å². The van der Waals surface area contributed by atoms with Crippen LogP contribution >= 0.6 is 11.3 Å². The van der Waals surface area contributed by atoms with E-state index < -0.39 is 0 Å². The van der Waals surface area contributed by atoms with E-state index in [1.165, 1.54) is 29.7 Å². The van der Waals surface area contributed by atoms with Crippen molar-refractivity contribution in [3.8, 4) is 17.2 Å². The first-order valence-corrected chi connectivity index (χ1v) is 15.9. The predicted molar refractivity (Wildman–Crippen MR) is 173 cm³/mol. The molecule has 8 heteroatoms. The normalized spacial score (nSPS) is 11.0. The Morgan fingerprint density at radius 2 is 1.63 bits per heavy atom. The highest BCUT2D eigenvalue weighted by atomic mass is 32.1. The molecule has 0 aliphatic rings. The Bertz CT molecular complexity index is 1390. The van der Waals surface area contributed by atoms with Crippen molar-refractivity contribution in [3.05, 3.63) is 106 Å². The molecule has 1 heterocycles. The highest BCUT2D eigenvalue weighted by Crippen LogP contribution is 2.28. The fraction of sp³-hybridized carbons (Fsp3) is 0.371. The molecule has 4 rings (SSSR count). The maximum absolute atomic E-state index is 12.7. The molecule has 0 saturated carbocycles. The number of benzene rings is 3. The van der Waals surface area contributed by atoms with Crippen LogP contribution in [-0.2, 0) is 26.1 Å². The minimum absolute atomic E-state index is 0.0954. The molecule has 0 unspecified atom stereocenters. The second-order valence-electron chi connectivity index (χ2n) is 10.5. The number of ether oxygens (including phenoxy) is 3. The van der Waals surface area contributed by atoms with Gasteiger partial charge in [-0.2, -0.15) is 0 Å². The van der Waals surface area contributed by atoms with Crippen molar-refractivity contribution in [2.45, 2.75) is 58.7 Å². The van der Waals surface area contributed by atoms with Crippen LogP contribution in [0.5, 0.6) is 17.2 Å². The van der Waals surface area contributed by atoms with Gasteiger partial charge in [-0.05, 0) is 53.8 Å². The van der Waals surface area contributed by atoms with Crippen LogP contribution in [0, 0.1) is 0 Å². The quantitative estimate of drug-likeness (QED) is 0.121. The third-order valence-electron chi connectivity index (χ3n) is 7.20. The number of thiazole rings is 1. The number of nitrogens with one attached hydrogen (secondary N) is 1. The Balaban J connectivity index is 1.40. The van der Waals surface area contributed by atoms with Gasteiger partial charge in [-0.3, -0.25) is 9.69 Å². The summed E-state index contributed by atoms with van der Waals surface area (Å²) in [6.45, 7) is 5.60. The lowest BCUT2D eigenvalue weighted by atomic mass is 10.1. The molecule has 43 heavy (non-hydrogen) atoms. The number of methoxy groups -OCH3 is 2. The number of nitrogens with zero attached hydrogens (tertiary/aromatic N) is 2. The molecule has 3 aromatic carbocycles. The number of unbranched alkanes of at least 4 members (excludes halogenated alkanes) is 3. The highest BCUT2D eigenvalue weighted by Gasteiger charge is 2.15. The molecule has 1 amide bonds. The van der Waals surface area contributed by atoms with Crippen LogP contribution < -0.4 is 19.5 Å². The summed E-state index contributed by atoms with van der Waals surface area (Å²) in [5.74, 6) is 2.19. The second kappa shape index (κ2) is 17.3. The van der Waals surface area contributed by atoms with Gasteiger partial charge < -0.3 is 19.5 Å². The van der Waals surface area contributed by atoms with E-state index >= 15 is 0 Å². The van der Waals surface area contributed by atoms with E-state index in [0.29, 0.717) is 25.4 Å². The van der Waals surface area contributed by atoms with Crippen molar-refractivity contribution < 1.29 is 19.0 Å². The molecule has 0 aliphatic carbocycles. The van der Waals surface area contributed by atoms with E-state index in [0.717, 1.165) is 65.7 Å². The van der Waals surface area contributed by atoms with Gasteiger partial charge in [0, 0.05) is 25.0 Å². The van der Waals surface area contributed by atoms with Crippen LogP contribution in [0.25, 0.3) is 0 Å². The summed E-state index contributed by atoms with van der Waals surface area (Å²) in [4.78, 5) is 19.7. The molecule has 1 N–H and O–H groups in total. The SMILES string of the molecule is CCCCCCNC(=O)c1csc(CN(CCc2ccc(OC)c(OC)c2)Cc2ccc(OCc3ccccc3)cc2)n1. The van der Waals surface area contributed by atoms with E-state index in [9.17, 15) is 4.79 Å². The maximum atomic E-state index is 12.7. The minimum Gasteiger partial charge on any atom is -0.493 e. The number of aromatic nitrogens is 1. The standard InChI is InChI=1S/C35H43N3O4S/c1-4-5-6-10-20-36-35(39)31-26-43-34(37-31)24-38(21-19-27-15-18-32(40-2)33(22-27)41-3)23-28-13-16-30(17-14-28)42-25-29-11-8-7-9-12-29/h7-9,11-18,22,26H,4-6,10,19-21,23-25H2,1-3H3,(H,36,39). The van der Waals surface area contributed by atoms with Crippen LogP contribution in [0.3, 0.4) is 0 Å². The summed E-state index contributed by atoms with van der Waals surface area (Å²) in [5.41, 5.74) is 3.98. The number of amides is 1. The molecule has 0 atom stereocenters. The van der Waals surface area contributed by atoms with Gasteiger partial charge in [0.15, 0.2) is 11.5 Å². The zero-order valence-electron chi connectivity index (χ0n) is 25.5. The molecule has 0 radical (unpaired) electrons. The lowest BCUT2D eigenvalue weighted by Crippen LogP contribution is -2.26. The Morgan fingerprint density at radius 1 is 0.860 bits per heavy atom. The molecule has 0 aliphatic heterocycles. The third-order valence-corrected chi connectivity index (χ3v) is 8.04. The van der Waals surface area contributed by atoms with Gasteiger partial charge in [-0.15, -0.1) is 11.3 Å². The van der Waals surface area contributed by atoms with E-state index in [4.69, 9.17) is 14.2 Å². The first kappa shape index (κ1) is 32.0. The molecule has 228 valence electrons. The van der Waals surface area contributed by atoms with Gasteiger partial charge in [0.1, 0.15) is 23.1 Å². The minimum atomic E-state index is -0.0954. The lowest BCUT2D eigenvalue weighted by molar-refractivity contribution is 0.0948. The van der Waals surface area contributed by atoms with Gasteiger partial charge in [0.25, 0.3) is 5.91 Å². The van der Waals surface area contributed by atoms with Crippen LogP contribution in [-0.4, -0.2) is 43.1 Å². The van der Waals surface area contributed by atoms with E-state index in [2.05, 4.69) is 52.5 Å². The smallest absolute Gasteiger partial charge is 0.270 e. The average Bonchev–Trinajstić information content (AvgIpc) is 3.52. The third kappa shape index (κ3) is 10.4. The van der Waals surface area contributed by atoms with Crippen molar-refractivity contribution in [1.82, 2.24) is 15.2 Å². The Morgan fingerprint density at radius 3 is 2.37 bits per heavy atom. The molecule has 0 bridgehead atoms. The van der Waals surface area contributed by atoms with Crippen molar-refractivity contribution in [2.75, 3.05) is 27.3 Å². The zero-order chi connectivity index (χ0) is 30.3. The van der Waals surface area contributed by atoms with Gasteiger partial charge in [0.2, 0.25) is 0 Å². The first-order valence-electron chi connectivity index (χ1n) is 15.0. The molecule has 7 nitrogen and oxygen atoms in total. The Kier molecular flexibility index (Phi) is 12.9. The van der Waals surface area contributed by atoms with Gasteiger partial charge in [-0.25, -0.2) is 4.98 Å². The first-order chi connectivity index (χ1) is 21.1. The van der Waals surface area contributed by atoms with Gasteiger partial charge in [-0.1, -0.05) is 74.7 Å². The van der Waals surface area contributed by atoms with Gasteiger partial charge in [0.05, 0.1) is 20.8 Å². The Hall–Kier alpha value is -3.88. The number of carbonyl (C=O) groups is 1. The fourth-order valence-electron chi connectivity index (χ4n) is 4.75. The fourth-order valence-corrected chi connectivity index (χ4v) is 5.57. The van der Waals surface area contributed by atoms with Crippen molar-refractivity contribution in [1.29, 1.82) is 0 Å². The highest BCUT2D eigenvalue weighted by molar-refractivity contribution is 7.09. The molecule has 0 saturated heterocycles. The summed E-state index contributed by atoms with van der Waals surface area (Å²) in [6, 6.07) is 24.5. The molecule has 0 spiro atoms. The van der Waals surface area contributed by atoms with Crippen LogP contribution in [0.15, 0.2) is 78.2 Å². The number of hydrogen-bond acceptors (Lipinski definition) is 7. The van der Waals surface area contributed by atoms with Crippen molar-refractivity contribution >= 4 is 17.2 Å². The summed E-state index contributed by atoms with van der Waals surface area (Å²) in [5, 5.41) is 5.80. The summed E-state index contributed by atoms with van der Waals surface area (Å²) < 4.78 is 16.9. The van der Waals surface area contributed by atoms with Crippen LogP contribution in [0.4, 0.5) is 0 Å². The maximum Gasteiger partial charge on any atom is 0.270 e. The molecular weight excluding hydrogens is 558 g/mol. The molecular formula is C35H43N3O4S.